The fraction of sp³-hybridized carbons (Fsp3) is 0. The Morgan fingerprint density at radius 1 is 0.390 bits per heavy atom. The second-order valence-electron chi connectivity index (χ2n) is 8.81. The molecule has 6 aromatic carbocycles. The minimum absolute atomic E-state index is 0.125. The van der Waals surface area contributed by atoms with Crippen molar-refractivity contribution in [3.63, 3.8) is 0 Å². The summed E-state index contributed by atoms with van der Waals surface area (Å²) in [5.74, 6) is 0. The van der Waals surface area contributed by atoms with Crippen LogP contribution >= 0.6 is 60.6 Å². The first-order valence-corrected chi connectivity index (χ1v) is 24.7. The van der Waals surface area contributed by atoms with Crippen molar-refractivity contribution in [2.75, 3.05) is 0 Å². The Morgan fingerprint density at radius 3 is 0.951 bits per heavy atom. The minimum atomic E-state index is 0.125. The minimum Gasteiger partial charge on any atom is -0.198 e. The molecule has 0 radical (unpaired) electrons. The molecule has 4 atom stereocenters. The van der Waals surface area contributed by atoms with Gasteiger partial charge >= 0.3 is 41.3 Å². The van der Waals surface area contributed by atoms with Crippen molar-refractivity contribution in [1.82, 2.24) is 0 Å². The number of benzene rings is 4. The van der Waals surface area contributed by atoms with Gasteiger partial charge < -0.3 is 0 Å². The van der Waals surface area contributed by atoms with Crippen molar-refractivity contribution in [2.45, 2.75) is 0 Å². The van der Waals surface area contributed by atoms with E-state index in [1.807, 2.05) is 0 Å². The molecule has 41 heavy (non-hydrogen) atoms. The first-order valence-electron chi connectivity index (χ1n) is 13.0. The molecule has 4 unspecified atom stereocenters. The van der Waals surface area contributed by atoms with E-state index in [9.17, 15) is 0 Å². The van der Waals surface area contributed by atoms with Gasteiger partial charge in [-0.15, -0.1) is 27.8 Å². The molecule has 0 saturated heterocycles. The van der Waals surface area contributed by atoms with Gasteiger partial charge in [0.2, 0.25) is 0 Å². The van der Waals surface area contributed by atoms with Crippen molar-refractivity contribution in [1.29, 1.82) is 0 Å². The summed E-state index contributed by atoms with van der Waals surface area (Å²) in [5, 5.41) is 11.4. The molecule has 0 aliphatic rings. The number of hydrogen-bond acceptors (Lipinski definition) is 0. The SMILES string of the molecule is [Br][Ti][Br].c1ccc(Pc2c[cH-]c(Pc3ccccc3)c2)cc1.c1ccc(Pc2c[cH-]c(Pc3ccccc3)c2)cc1. The van der Waals surface area contributed by atoms with Crippen LogP contribution in [0.3, 0.4) is 0 Å². The number of halogens is 2. The van der Waals surface area contributed by atoms with Crippen molar-refractivity contribution < 1.29 is 15.0 Å². The molecule has 0 amide bonds. The summed E-state index contributed by atoms with van der Waals surface area (Å²) in [7, 11) is 3.05. The third-order valence-electron chi connectivity index (χ3n) is 5.76. The predicted octanol–water partition coefficient (Wildman–Crippen LogP) is 7.02. The molecule has 0 saturated carbocycles. The van der Waals surface area contributed by atoms with E-state index in [1.165, 1.54) is 42.4 Å². The monoisotopic (exact) mass is 768 g/mol. The molecule has 0 spiro atoms. The van der Waals surface area contributed by atoms with Gasteiger partial charge in [0.25, 0.3) is 0 Å². The van der Waals surface area contributed by atoms with Gasteiger partial charge in [0.05, 0.1) is 0 Å². The van der Waals surface area contributed by atoms with Crippen LogP contribution in [0.4, 0.5) is 0 Å². The van der Waals surface area contributed by atoms with Crippen LogP contribution in [0.2, 0.25) is 0 Å². The van der Waals surface area contributed by atoms with Crippen LogP contribution in [0.1, 0.15) is 0 Å². The molecule has 7 heteroatoms. The zero-order valence-electron chi connectivity index (χ0n) is 22.3. The molecule has 0 nitrogen and oxygen atoms in total. The average Bonchev–Trinajstić information content (AvgIpc) is 3.65. The van der Waals surface area contributed by atoms with E-state index in [0.29, 0.717) is 0 Å². The molecule has 206 valence electrons. The maximum atomic E-state index is 3.19. The van der Waals surface area contributed by atoms with Crippen molar-refractivity contribution in [3.8, 4) is 0 Å². The first-order chi connectivity index (χ1) is 20.2. The summed E-state index contributed by atoms with van der Waals surface area (Å²) in [6.45, 7) is 0. The maximum Gasteiger partial charge on any atom is -0.0247 e. The molecule has 0 bridgehead atoms. The molecule has 0 N–H and O–H groups in total. The molecule has 6 aromatic rings. The van der Waals surface area contributed by atoms with E-state index in [1.54, 1.807) is 0 Å². The standard InChI is InChI=1S/2C17H15P2.2BrH.Ti/c2*1-3-7-14(8-4-1)18-16-11-12-17(13-16)19-15-9-5-2-6-10-15;;;/h2*1-13,18-19H;2*1H;/q2*-1;;;+2/p-2. The van der Waals surface area contributed by atoms with E-state index in [-0.39, 0.29) is 15.0 Å². The van der Waals surface area contributed by atoms with E-state index in [2.05, 4.69) is 184 Å². The van der Waals surface area contributed by atoms with Gasteiger partial charge in [0.15, 0.2) is 0 Å². The summed E-state index contributed by atoms with van der Waals surface area (Å²) in [6, 6.07) is 56.5. The van der Waals surface area contributed by atoms with Crippen LogP contribution in [0, 0.1) is 0 Å². The Kier molecular flexibility index (Phi) is 15.5. The third-order valence-corrected chi connectivity index (χ3v) is 10.6. The molecule has 0 aliphatic heterocycles. The summed E-state index contributed by atoms with van der Waals surface area (Å²) in [5.41, 5.74) is 0. The van der Waals surface area contributed by atoms with Crippen LogP contribution in [0.5, 0.6) is 0 Å². The van der Waals surface area contributed by atoms with Crippen LogP contribution in [-0.2, 0) is 15.0 Å². The largest absolute Gasteiger partial charge is 0.198 e. The topological polar surface area (TPSA) is 0 Å². The molecule has 0 fully saturated rings. The van der Waals surface area contributed by atoms with Gasteiger partial charge in [0.1, 0.15) is 0 Å². The summed E-state index contributed by atoms with van der Waals surface area (Å²) < 4.78 is 0. The second-order valence-corrected chi connectivity index (χ2v) is 22.3. The Bertz CT molecular complexity index is 1290. The van der Waals surface area contributed by atoms with E-state index in [4.69, 9.17) is 0 Å². The predicted molar refractivity (Wildman–Crippen MR) is 198 cm³/mol. The van der Waals surface area contributed by atoms with Gasteiger partial charge in [-0.2, -0.15) is 47.0 Å². The molecular weight excluding hydrogens is 740 g/mol. The van der Waals surface area contributed by atoms with Crippen molar-refractivity contribution >= 4 is 103 Å². The van der Waals surface area contributed by atoms with Gasteiger partial charge in [-0.1, -0.05) is 138 Å². The van der Waals surface area contributed by atoms with E-state index >= 15 is 0 Å². The van der Waals surface area contributed by atoms with Gasteiger partial charge in [-0.25, -0.2) is 0 Å². The second kappa shape index (κ2) is 19.3. The van der Waals surface area contributed by atoms with Crippen LogP contribution in [-0.4, -0.2) is 0 Å². The number of rotatable bonds is 8. The van der Waals surface area contributed by atoms with Crippen LogP contribution < -0.4 is 42.4 Å². The summed E-state index contributed by atoms with van der Waals surface area (Å²) in [6.07, 6.45) is 0. The first kappa shape index (κ1) is 32.9. The van der Waals surface area contributed by atoms with Crippen molar-refractivity contribution in [2.24, 2.45) is 0 Å². The zero-order chi connectivity index (χ0) is 28.5. The Labute approximate surface area is 273 Å². The molecule has 0 heterocycles. The van der Waals surface area contributed by atoms with Gasteiger partial charge in [-0.3, -0.25) is 0 Å². The number of hydrogen-bond donors (Lipinski definition) is 0. The molecular formula is C34H30Br2P4Ti-2. The maximum absolute atomic E-state index is 3.19. The zero-order valence-corrected chi connectivity index (χ0v) is 31.0. The quantitative estimate of drug-likeness (QED) is 0.0888. The molecule has 0 aromatic heterocycles. The van der Waals surface area contributed by atoms with E-state index in [0.717, 1.165) is 34.3 Å². The normalized spacial score (nSPS) is 11.3. The molecule has 6 rings (SSSR count). The third kappa shape index (κ3) is 12.6. The van der Waals surface area contributed by atoms with Crippen molar-refractivity contribution in [3.05, 3.63) is 158 Å². The summed E-state index contributed by atoms with van der Waals surface area (Å²) in [4.78, 5) is 0. The Balaban J connectivity index is 0.000000173. The van der Waals surface area contributed by atoms with Crippen LogP contribution in [0.15, 0.2) is 158 Å². The van der Waals surface area contributed by atoms with Gasteiger partial charge in [0, 0.05) is 0 Å². The van der Waals surface area contributed by atoms with E-state index < -0.39 is 0 Å². The average molecular weight is 770 g/mol. The smallest absolute Gasteiger partial charge is 0.0247 e. The summed E-state index contributed by atoms with van der Waals surface area (Å²) >= 11 is 6.50. The fourth-order valence-corrected chi connectivity index (χ4v) is 8.59. The fourth-order valence-electron chi connectivity index (χ4n) is 3.95. The Morgan fingerprint density at radius 2 is 0.659 bits per heavy atom. The molecule has 0 aliphatic carbocycles. The van der Waals surface area contributed by atoms with Gasteiger partial charge in [-0.05, 0) is 21.2 Å². The van der Waals surface area contributed by atoms with Crippen LogP contribution in [0.25, 0.3) is 0 Å². The Hall–Kier alpha value is -1.03.